The van der Waals surface area contributed by atoms with Crippen molar-refractivity contribution in [1.82, 2.24) is 4.90 Å². The summed E-state index contributed by atoms with van der Waals surface area (Å²) in [6, 6.07) is 5.96. The number of ether oxygens (including phenoxy) is 1. The van der Waals surface area contributed by atoms with Gasteiger partial charge in [0.25, 0.3) is 0 Å². The summed E-state index contributed by atoms with van der Waals surface area (Å²) in [7, 11) is 0. The van der Waals surface area contributed by atoms with Crippen LogP contribution in [0.5, 0.6) is 11.5 Å². The molecule has 1 unspecified atom stereocenters. The Morgan fingerprint density at radius 2 is 2.20 bits per heavy atom. The number of aromatic hydroxyl groups is 1. The Morgan fingerprint density at radius 3 is 2.93 bits per heavy atom. The summed E-state index contributed by atoms with van der Waals surface area (Å²) in [5.41, 5.74) is 0.973. The predicted molar refractivity (Wildman–Crippen MR) is 57.3 cm³/mol. The van der Waals surface area contributed by atoms with Crippen molar-refractivity contribution in [1.29, 1.82) is 0 Å². The van der Waals surface area contributed by atoms with Gasteiger partial charge in [0.05, 0.1) is 0 Å². The predicted octanol–water partition coefficient (Wildman–Crippen LogP) is 1.40. The average molecular weight is 205 g/mol. The molecule has 1 aromatic carbocycles. The summed E-state index contributed by atoms with van der Waals surface area (Å²) in [5.74, 6) is 1.23. The Morgan fingerprint density at radius 1 is 1.33 bits per heavy atom. The number of phenols is 1. The van der Waals surface area contributed by atoms with Crippen molar-refractivity contribution in [2.75, 3.05) is 19.7 Å². The van der Waals surface area contributed by atoms with Crippen molar-refractivity contribution < 1.29 is 9.84 Å². The highest BCUT2D eigenvalue weighted by Gasteiger charge is 2.29. The molecule has 0 spiro atoms. The Bertz CT molecular complexity index is 374. The van der Waals surface area contributed by atoms with Crippen LogP contribution in [0.25, 0.3) is 0 Å². The van der Waals surface area contributed by atoms with Gasteiger partial charge in [-0.1, -0.05) is 6.07 Å². The van der Waals surface area contributed by atoms with E-state index in [1.54, 1.807) is 6.07 Å². The van der Waals surface area contributed by atoms with E-state index in [4.69, 9.17) is 4.74 Å². The minimum atomic E-state index is 0.373. The molecule has 0 saturated carbocycles. The highest BCUT2D eigenvalue weighted by molar-refractivity contribution is 5.45. The molecule has 15 heavy (non-hydrogen) atoms. The molecule has 80 valence electrons. The lowest BCUT2D eigenvalue weighted by atomic mass is 9.98. The largest absolute Gasteiger partial charge is 0.508 e. The van der Waals surface area contributed by atoms with Crippen molar-refractivity contribution in [3.05, 3.63) is 23.8 Å². The van der Waals surface area contributed by atoms with Gasteiger partial charge < -0.3 is 9.84 Å². The molecular weight excluding hydrogens is 190 g/mol. The summed E-state index contributed by atoms with van der Waals surface area (Å²) in [5, 5.41) is 9.75. The van der Waals surface area contributed by atoms with E-state index < -0.39 is 0 Å². The SMILES string of the molecule is Oc1cccc2c1CC(N1CCC1)CO2. The van der Waals surface area contributed by atoms with E-state index in [1.807, 2.05) is 12.1 Å². The second-order valence-corrected chi connectivity index (χ2v) is 4.31. The first kappa shape index (κ1) is 9.04. The monoisotopic (exact) mass is 205 g/mol. The van der Waals surface area contributed by atoms with E-state index in [2.05, 4.69) is 4.90 Å². The Balaban J connectivity index is 1.85. The van der Waals surface area contributed by atoms with Gasteiger partial charge in [0.15, 0.2) is 0 Å². The molecule has 0 bridgehead atoms. The number of phenolic OH excluding ortho intramolecular Hbond substituents is 1. The molecule has 3 nitrogen and oxygen atoms in total. The first-order chi connectivity index (χ1) is 7.34. The molecule has 1 fully saturated rings. The van der Waals surface area contributed by atoms with Gasteiger partial charge in [0.2, 0.25) is 0 Å². The van der Waals surface area contributed by atoms with E-state index in [0.717, 1.165) is 24.3 Å². The summed E-state index contributed by atoms with van der Waals surface area (Å²) < 4.78 is 5.67. The maximum absolute atomic E-state index is 9.75. The number of nitrogens with zero attached hydrogens (tertiary/aromatic N) is 1. The molecule has 2 aliphatic rings. The highest BCUT2D eigenvalue weighted by Crippen LogP contribution is 2.33. The van der Waals surface area contributed by atoms with Crippen molar-refractivity contribution in [2.24, 2.45) is 0 Å². The molecule has 1 saturated heterocycles. The summed E-state index contributed by atoms with van der Waals surface area (Å²) in [6.07, 6.45) is 2.21. The fraction of sp³-hybridized carbons (Fsp3) is 0.500. The van der Waals surface area contributed by atoms with Crippen LogP contribution < -0.4 is 4.74 Å². The summed E-state index contributed by atoms with van der Waals surface area (Å²) >= 11 is 0. The molecular formula is C12H15NO2. The first-order valence-electron chi connectivity index (χ1n) is 5.52. The van der Waals surface area contributed by atoms with Crippen LogP contribution in [0.2, 0.25) is 0 Å². The van der Waals surface area contributed by atoms with E-state index >= 15 is 0 Å². The van der Waals surface area contributed by atoms with E-state index in [9.17, 15) is 5.11 Å². The molecule has 1 aromatic rings. The van der Waals surface area contributed by atoms with Gasteiger partial charge in [0.1, 0.15) is 18.1 Å². The fourth-order valence-corrected chi connectivity index (χ4v) is 2.32. The quantitative estimate of drug-likeness (QED) is 0.752. The smallest absolute Gasteiger partial charge is 0.126 e. The van der Waals surface area contributed by atoms with Crippen LogP contribution in [0.15, 0.2) is 18.2 Å². The zero-order valence-corrected chi connectivity index (χ0v) is 8.65. The van der Waals surface area contributed by atoms with Crippen molar-refractivity contribution in [3.8, 4) is 11.5 Å². The molecule has 1 atom stereocenters. The lowest BCUT2D eigenvalue weighted by Crippen LogP contribution is -2.50. The second kappa shape index (κ2) is 3.42. The van der Waals surface area contributed by atoms with E-state index in [1.165, 1.54) is 19.5 Å². The lowest BCUT2D eigenvalue weighted by Gasteiger charge is -2.40. The molecule has 2 aliphatic heterocycles. The third-order valence-electron chi connectivity index (χ3n) is 3.39. The van der Waals surface area contributed by atoms with Gasteiger partial charge in [-0.15, -0.1) is 0 Å². The molecule has 1 N–H and O–H groups in total. The Hall–Kier alpha value is -1.22. The van der Waals surface area contributed by atoms with Gasteiger partial charge >= 0.3 is 0 Å². The van der Waals surface area contributed by atoms with Crippen molar-refractivity contribution >= 4 is 0 Å². The summed E-state index contributed by atoms with van der Waals surface area (Å²) in [4.78, 5) is 2.43. The molecule has 0 aromatic heterocycles. The van der Waals surface area contributed by atoms with Crippen LogP contribution in [0.3, 0.4) is 0 Å². The average Bonchev–Trinajstić information content (AvgIpc) is 2.17. The normalized spacial score (nSPS) is 25.2. The van der Waals surface area contributed by atoms with Gasteiger partial charge in [-0.05, 0) is 38.1 Å². The van der Waals surface area contributed by atoms with Gasteiger partial charge in [-0.2, -0.15) is 0 Å². The van der Waals surface area contributed by atoms with E-state index in [0.29, 0.717) is 11.8 Å². The molecule has 0 aliphatic carbocycles. The second-order valence-electron chi connectivity index (χ2n) is 4.31. The minimum absolute atomic E-state index is 0.373. The highest BCUT2D eigenvalue weighted by atomic mass is 16.5. The van der Waals surface area contributed by atoms with Crippen LogP contribution in [0.1, 0.15) is 12.0 Å². The third kappa shape index (κ3) is 1.47. The minimum Gasteiger partial charge on any atom is -0.508 e. The standard InChI is InChI=1S/C12H15NO2/c14-11-3-1-4-12-10(11)7-9(8-15-12)13-5-2-6-13/h1,3-4,9,14H,2,5-8H2. The van der Waals surface area contributed by atoms with Crippen LogP contribution in [0, 0.1) is 0 Å². The topological polar surface area (TPSA) is 32.7 Å². The summed E-state index contributed by atoms with van der Waals surface area (Å²) in [6.45, 7) is 3.12. The number of hydrogen-bond donors (Lipinski definition) is 1. The van der Waals surface area contributed by atoms with Crippen LogP contribution in [-0.4, -0.2) is 35.7 Å². The number of fused-ring (bicyclic) bond motifs is 1. The maximum Gasteiger partial charge on any atom is 0.126 e. The first-order valence-corrected chi connectivity index (χ1v) is 5.52. The molecule has 2 heterocycles. The molecule has 0 radical (unpaired) electrons. The Labute approximate surface area is 89.3 Å². The van der Waals surface area contributed by atoms with Crippen molar-refractivity contribution in [3.63, 3.8) is 0 Å². The molecule has 0 amide bonds. The number of benzene rings is 1. The zero-order valence-electron chi connectivity index (χ0n) is 8.65. The number of likely N-dealkylation sites (tertiary alicyclic amines) is 1. The third-order valence-corrected chi connectivity index (χ3v) is 3.39. The molecule has 3 heteroatoms. The number of rotatable bonds is 1. The van der Waals surface area contributed by atoms with Crippen LogP contribution >= 0.6 is 0 Å². The van der Waals surface area contributed by atoms with Crippen LogP contribution in [-0.2, 0) is 6.42 Å². The Kier molecular flexibility index (Phi) is 2.06. The van der Waals surface area contributed by atoms with Crippen LogP contribution in [0.4, 0.5) is 0 Å². The maximum atomic E-state index is 9.75. The number of hydrogen-bond acceptors (Lipinski definition) is 3. The van der Waals surface area contributed by atoms with Gasteiger partial charge in [0, 0.05) is 11.6 Å². The molecule has 3 rings (SSSR count). The lowest BCUT2D eigenvalue weighted by molar-refractivity contribution is 0.0685. The zero-order chi connectivity index (χ0) is 10.3. The fourth-order valence-electron chi connectivity index (χ4n) is 2.32. The van der Waals surface area contributed by atoms with Gasteiger partial charge in [-0.3, -0.25) is 4.90 Å². The van der Waals surface area contributed by atoms with Gasteiger partial charge in [-0.25, -0.2) is 0 Å². The van der Waals surface area contributed by atoms with Crippen molar-refractivity contribution in [2.45, 2.75) is 18.9 Å². The van der Waals surface area contributed by atoms with E-state index in [-0.39, 0.29) is 0 Å².